The van der Waals surface area contributed by atoms with Crippen LogP contribution in [0.15, 0.2) is 0 Å². The van der Waals surface area contributed by atoms with Crippen LogP contribution >= 0.6 is 0 Å². The Morgan fingerprint density at radius 2 is 1.54 bits per heavy atom. The van der Waals surface area contributed by atoms with Crippen molar-refractivity contribution >= 4 is 17.7 Å². The van der Waals surface area contributed by atoms with Gasteiger partial charge in [0.1, 0.15) is 6.04 Å². The first-order chi connectivity index (χ1) is 11.3. The van der Waals surface area contributed by atoms with Crippen molar-refractivity contribution in [1.29, 1.82) is 0 Å². The van der Waals surface area contributed by atoms with Crippen molar-refractivity contribution in [2.24, 2.45) is 23.2 Å². The first-order valence-corrected chi connectivity index (χ1v) is 9.08. The van der Waals surface area contributed by atoms with Crippen LogP contribution in [0.5, 0.6) is 0 Å². The Labute approximate surface area is 143 Å². The van der Waals surface area contributed by atoms with Crippen LogP contribution in [-0.4, -0.2) is 49.3 Å². The minimum Gasteiger partial charge on any atom is -0.347 e. The molecule has 0 heterocycles. The van der Waals surface area contributed by atoms with Gasteiger partial charge in [0.15, 0.2) is 0 Å². The lowest BCUT2D eigenvalue weighted by Crippen LogP contribution is -2.57. The van der Waals surface area contributed by atoms with Crippen LogP contribution in [0.1, 0.15) is 45.4 Å². The second-order valence-corrected chi connectivity index (χ2v) is 8.40. The zero-order chi connectivity index (χ0) is 17.5. The van der Waals surface area contributed by atoms with Gasteiger partial charge in [-0.2, -0.15) is 0 Å². The first-order valence-electron chi connectivity index (χ1n) is 9.08. The number of carbonyl (C=O) groups excluding carboxylic acids is 3. The van der Waals surface area contributed by atoms with E-state index in [2.05, 4.69) is 10.6 Å². The van der Waals surface area contributed by atoms with E-state index in [1.165, 1.54) is 24.2 Å². The number of hydrogen-bond acceptors (Lipinski definition) is 3. The summed E-state index contributed by atoms with van der Waals surface area (Å²) in [5.74, 6) is 1.67. The van der Waals surface area contributed by atoms with E-state index < -0.39 is 6.04 Å². The van der Waals surface area contributed by atoms with Gasteiger partial charge in [0.05, 0.1) is 6.54 Å². The fourth-order valence-electron chi connectivity index (χ4n) is 5.28. The lowest BCUT2D eigenvalue weighted by molar-refractivity contribution is -0.148. The number of carbonyl (C=O) groups is 3. The van der Waals surface area contributed by atoms with Crippen LogP contribution in [0.4, 0.5) is 0 Å². The molecule has 2 N–H and O–H groups in total. The van der Waals surface area contributed by atoms with Gasteiger partial charge in [-0.15, -0.1) is 0 Å². The van der Waals surface area contributed by atoms with E-state index in [4.69, 9.17) is 0 Å². The van der Waals surface area contributed by atoms with Crippen molar-refractivity contribution in [1.82, 2.24) is 15.5 Å². The predicted octanol–water partition coefficient (Wildman–Crippen LogP) is 0.912. The van der Waals surface area contributed by atoms with Gasteiger partial charge in [-0.1, -0.05) is 0 Å². The molecule has 3 amide bonds. The normalized spacial score (nSPS) is 34.5. The summed E-state index contributed by atoms with van der Waals surface area (Å²) in [5.41, 5.74) is -0.247. The van der Waals surface area contributed by atoms with Gasteiger partial charge in [0.2, 0.25) is 17.7 Å². The average Bonchev–Trinajstić information content (AvgIpc) is 2.50. The molecular weight excluding hydrogens is 306 g/mol. The molecule has 4 aliphatic carbocycles. The van der Waals surface area contributed by atoms with Gasteiger partial charge in [-0.3, -0.25) is 14.4 Å². The van der Waals surface area contributed by atoms with Gasteiger partial charge in [0.25, 0.3) is 0 Å². The number of rotatable bonds is 5. The number of likely N-dealkylation sites (N-methyl/N-ethyl adjacent to an activating group) is 1. The van der Waals surface area contributed by atoms with E-state index in [9.17, 15) is 14.4 Å². The number of hydrogen-bond donors (Lipinski definition) is 2. The summed E-state index contributed by atoms with van der Waals surface area (Å²) in [4.78, 5) is 38.0. The summed E-state index contributed by atoms with van der Waals surface area (Å²) in [7, 11) is 3.29. The average molecular weight is 335 g/mol. The molecule has 6 heteroatoms. The van der Waals surface area contributed by atoms with Gasteiger partial charge in [0, 0.05) is 19.5 Å². The zero-order valence-electron chi connectivity index (χ0n) is 14.9. The third kappa shape index (κ3) is 3.28. The number of nitrogens with zero attached hydrogens (tertiary/aromatic N) is 1. The Kier molecular flexibility index (Phi) is 4.58. The van der Waals surface area contributed by atoms with Crippen molar-refractivity contribution in [3.63, 3.8) is 0 Å². The molecule has 4 rings (SSSR count). The van der Waals surface area contributed by atoms with Crippen LogP contribution in [0, 0.1) is 23.2 Å². The van der Waals surface area contributed by atoms with E-state index >= 15 is 0 Å². The van der Waals surface area contributed by atoms with Crippen LogP contribution < -0.4 is 10.6 Å². The van der Waals surface area contributed by atoms with E-state index in [0.29, 0.717) is 17.8 Å². The molecule has 4 aliphatic rings. The Morgan fingerprint density at radius 1 is 1.04 bits per heavy atom. The van der Waals surface area contributed by atoms with E-state index in [1.54, 1.807) is 21.0 Å². The SMILES string of the molecule is C[C@H](NC(=O)C12CC3CC(CC(C3)C1)C2)C(=O)NCC(=O)N(C)C. The molecule has 4 fully saturated rings. The third-order valence-corrected chi connectivity index (χ3v) is 6.17. The van der Waals surface area contributed by atoms with Crippen LogP contribution in [0.3, 0.4) is 0 Å². The third-order valence-electron chi connectivity index (χ3n) is 6.17. The lowest BCUT2D eigenvalue weighted by atomic mass is 9.49. The topological polar surface area (TPSA) is 78.5 Å². The van der Waals surface area contributed by atoms with Crippen molar-refractivity contribution in [3.05, 3.63) is 0 Å². The maximum absolute atomic E-state index is 12.9. The Hall–Kier alpha value is -1.59. The van der Waals surface area contributed by atoms with Gasteiger partial charge >= 0.3 is 0 Å². The van der Waals surface area contributed by atoms with E-state index in [0.717, 1.165) is 19.3 Å². The zero-order valence-corrected chi connectivity index (χ0v) is 14.9. The molecule has 1 atom stereocenters. The highest BCUT2D eigenvalue weighted by Gasteiger charge is 2.54. The largest absolute Gasteiger partial charge is 0.347 e. The van der Waals surface area contributed by atoms with Crippen LogP contribution in [0.25, 0.3) is 0 Å². The summed E-state index contributed by atoms with van der Waals surface area (Å²) in [5, 5.41) is 5.51. The molecule has 4 saturated carbocycles. The minimum atomic E-state index is -0.611. The molecule has 0 aromatic rings. The maximum atomic E-state index is 12.9. The molecule has 0 aliphatic heterocycles. The highest BCUT2D eigenvalue weighted by atomic mass is 16.2. The molecule has 0 radical (unpaired) electrons. The van der Waals surface area contributed by atoms with Crippen molar-refractivity contribution in [3.8, 4) is 0 Å². The van der Waals surface area contributed by atoms with Crippen molar-refractivity contribution < 1.29 is 14.4 Å². The quantitative estimate of drug-likeness (QED) is 0.784. The fraction of sp³-hybridized carbons (Fsp3) is 0.833. The summed E-state index contributed by atoms with van der Waals surface area (Å²) in [6.07, 6.45) is 6.81. The Balaban J connectivity index is 1.54. The predicted molar refractivity (Wildman–Crippen MR) is 89.9 cm³/mol. The van der Waals surface area contributed by atoms with Gasteiger partial charge in [-0.25, -0.2) is 0 Å². The van der Waals surface area contributed by atoms with Crippen LogP contribution in [-0.2, 0) is 14.4 Å². The maximum Gasteiger partial charge on any atom is 0.242 e. The minimum absolute atomic E-state index is 0.0383. The standard InChI is InChI=1S/C18H29N3O3/c1-11(16(23)19-10-15(22)21(2)3)20-17(24)18-7-12-4-13(8-18)6-14(5-12)9-18/h11-14H,4-10H2,1-3H3,(H,19,23)(H,20,24)/t11-,12?,13?,14?,18?/m0/s1. The fourth-order valence-corrected chi connectivity index (χ4v) is 5.28. The van der Waals surface area contributed by atoms with E-state index in [1.807, 2.05) is 0 Å². The van der Waals surface area contributed by atoms with Gasteiger partial charge < -0.3 is 15.5 Å². The molecule has 0 unspecified atom stereocenters. The molecule has 24 heavy (non-hydrogen) atoms. The second-order valence-electron chi connectivity index (χ2n) is 8.40. The monoisotopic (exact) mass is 335 g/mol. The number of nitrogens with one attached hydrogen (secondary N) is 2. The highest BCUT2D eigenvalue weighted by molar-refractivity contribution is 5.92. The molecule has 0 spiro atoms. The van der Waals surface area contributed by atoms with Crippen molar-refractivity contribution in [2.75, 3.05) is 20.6 Å². The lowest BCUT2D eigenvalue weighted by Gasteiger charge is -2.55. The molecule has 134 valence electrons. The summed E-state index contributed by atoms with van der Waals surface area (Å²) < 4.78 is 0. The molecule has 0 aromatic carbocycles. The summed E-state index contributed by atoms with van der Waals surface area (Å²) >= 11 is 0. The summed E-state index contributed by atoms with van der Waals surface area (Å²) in [6, 6.07) is -0.611. The Morgan fingerprint density at radius 3 is 2.00 bits per heavy atom. The Bertz CT molecular complexity index is 508. The first kappa shape index (κ1) is 17.2. The van der Waals surface area contributed by atoms with E-state index in [-0.39, 0.29) is 29.7 Å². The number of amides is 3. The second kappa shape index (κ2) is 6.37. The van der Waals surface area contributed by atoms with Gasteiger partial charge in [-0.05, 0) is 63.2 Å². The molecule has 6 nitrogen and oxygen atoms in total. The van der Waals surface area contributed by atoms with Crippen molar-refractivity contribution in [2.45, 2.75) is 51.5 Å². The molecular formula is C18H29N3O3. The molecule has 0 aromatic heterocycles. The highest BCUT2D eigenvalue weighted by Crippen LogP contribution is 2.60. The molecule has 0 saturated heterocycles. The summed E-state index contributed by atoms with van der Waals surface area (Å²) in [6.45, 7) is 1.65. The smallest absolute Gasteiger partial charge is 0.242 e. The van der Waals surface area contributed by atoms with Crippen LogP contribution in [0.2, 0.25) is 0 Å². The molecule has 4 bridgehead atoms.